The minimum Gasteiger partial charge on any atom is -0.378 e. The Hall–Kier alpha value is -1.37. The lowest BCUT2D eigenvalue weighted by atomic mass is 9.74. The molecule has 0 aliphatic carbocycles. The fourth-order valence-electron chi connectivity index (χ4n) is 3.15. The molecule has 1 aliphatic rings. The number of hydrogen-bond acceptors (Lipinski definition) is 3. The summed E-state index contributed by atoms with van der Waals surface area (Å²) in [5.41, 5.74) is 2.77. The first-order valence-electron chi connectivity index (χ1n) is 7.31. The number of fused-ring (bicyclic) bond motifs is 1. The number of nitrogens with one attached hydrogen (secondary N) is 1. The fourth-order valence-corrected chi connectivity index (χ4v) is 4.08. The number of rotatable bonds is 2. The molecule has 1 heterocycles. The van der Waals surface area contributed by atoms with Crippen LogP contribution in [-0.2, 0) is 15.5 Å². The Morgan fingerprint density at radius 2 is 1.96 bits per heavy atom. The fraction of sp³-hybridized carbons (Fsp3) is 0.294. The largest absolute Gasteiger partial charge is 0.378 e. The van der Waals surface area contributed by atoms with Crippen molar-refractivity contribution in [3.8, 4) is 0 Å². The predicted molar refractivity (Wildman–Crippen MR) is 94.4 cm³/mol. The Labute approximate surface area is 144 Å². The third-order valence-electron chi connectivity index (χ3n) is 4.31. The molecule has 122 valence electrons. The lowest BCUT2D eigenvalue weighted by Crippen LogP contribution is -2.31. The van der Waals surface area contributed by atoms with E-state index < -0.39 is 10.1 Å². The van der Waals surface area contributed by atoms with Crippen molar-refractivity contribution in [2.45, 2.75) is 36.6 Å². The third kappa shape index (κ3) is 3.29. The van der Waals surface area contributed by atoms with Gasteiger partial charge in [0, 0.05) is 10.2 Å². The summed E-state index contributed by atoms with van der Waals surface area (Å²) in [4.78, 5) is -0.0629. The van der Waals surface area contributed by atoms with Crippen LogP contribution in [0.1, 0.15) is 37.4 Å². The van der Waals surface area contributed by atoms with Crippen molar-refractivity contribution in [2.24, 2.45) is 0 Å². The van der Waals surface area contributed by atoms with Gasteiger partial charge in [0.25, 0.3) is 10.1 Å². The van der Waals surface area contributed by atoms with E-state index in [0.717, 1.165) is 22.1 Å². The molecule has 0 amide bonds. The van der Waals surface area contributed by atoms with Gasteiger partial charge in [-0.25, -0.2) is 0 Å². The van der Waals surface area contributed by atoms with E-state index in [4.69, 9.17) is 0 Å². The summed E-state index contributed by atoms with van der Waals surface area (Å²) in [6.07, 6.45) is 0.825. The first kappa shape index (κ1) is 16.5. The summed E-state index contributed by atoms with van der Waals surface area (Å²) < 4.78 is 33.1. The first-order chi connectivity index (χ1) is 10.7. The molecule has 23 heavy (non-hydrogen) atoms. The molecule has 1 unspecified atom stereocenters. The summed E-state index contributed by atoms with van der Waals surface area (Å²) in [6.45, 7) is 4.18. The molecular weight excluding hydrogens is 378 g/mol. The van der Waals surface area contributed by atoms with E-state index in [1.807, 2.05) is 12.1 Å². The zero-order chi connectivity index (χ0) is 16.8. The van der Waals surface area contributed by atoms with E-state index in [-0.39, 0.29) is 16.4 Å². The second-order valence-corrected chi connectivity index (χ2v) is 8.86. The van der Waals surface area contributed by atoms with Crippen LogP contribution >= 0.6 is 15.9 Å². The Morgan fingerprint density at radius 1 is 1.22 bits per heavy atom. The Morgan fingerprint density at radius 3 is 2.61 bits per heavy atom. The SMILES string of the molecule is CC1(C)CC(c2cccc(Br)c2)Nc2ccc(S(=O)(=O)O)cc21. The van der Waals surface area contributed by atoms with Gasteiger partial charge in [-0.15, -0.1) is 0 Å². The smallest absolute Gasteiger partial charge is 0.294 e. The molecule has 0 fully saturated rings. The van der Waals surface area contributed by atoms with Gasteiger partial charge in [0.05, 0.1) is 10.9 Å². The monoisotopic (exact) mass is 395 g/mol. The molecule has 0 spiro atoms. The van der Waals surface area contributed by atoms with Crippen molar-refractivity contribution in [2.75, 3.05) is 5.32 Å². The minimum atomic E-state index is -4.19. The van der Waals surface area contributed by atoms with Crippen LogP contribution in [0.5, 0.6) is 0 Å². The van der Waals surface area contributed by atoms with Crippen LogP contribution in [0.3, 0.4) is 0 Å². The van der Waals surface area contributed by atoms with E-state index in [2.05, 4.69) is 47.2 Å². The van der Waals surface area contributed by atoms with Crippen molar-refractivity contribution in [3.05, 3.63) is 58.1 Å². The van der Waals surface area contributed by atoms with Crippen LogP contribution in [0.2, 0.25) is 0 Å². The van der Waals surface area contributed by atoms with E-state index >= 15 is 0 Å². The van der Waals surface area contributed by atoms with Gasteiger partial charge in [-0.3, -0.25) is 4.55 Å². The Balaban J connectivity index is 2.04. The third-order valence-corrected chi connectivity index (χ3v) is 5.66. The van der Waals surface area contributed by atoms with Crippen molar-refractivity contribution in [3.63, 3.8) is 0 Å². The van der Waals surface area contributed by atoms with Crippen LogP contribution in [0.25, 0.3) is 0 Å². The molecule has 2 aromatic rings. The summed E-state index contributed by atoms with van der Waals surface area (Å²) in [5, 5.41) is 3.48. The topological polar surface area (TPSA) is 66.4 Å². The van der Waals surface area contributed by atoms with Gasteiger partial charge in [-0.2, -0.15) is 8.42 Å². The van der Waals surface area contributed by atoms with E-state index in [1.165, 1.54) is 11.6 Å². The molecule has 2 aromatic carbocycles. The average Bonchev–Trinajstić information content (AvgIpc) is 2.45. The van der Waals surface area contributed by atoms with Crippen molar-refractivity contribution in [1.82, 2.24) is 0 Å². The molecule has 2 N–H and O–H groups in total. The second-order valence-electron chi connectivity index (χ2n) is 6.52. The highest BCUT2D eigenvalue weighted by Crippen LogP contribution is 2.44. The number of hydrogen-bond donors (Lipinski definition) is 2. The molecule has 4 nitrogen and oxygen atoms in total. The van der Waals surface area contributed by atoms with Gasteiger partial charge in [-0.1, -0.05) is 41.9 Å². The summed E-state index contributed by atoms with van der Waals surface area (Å²) >= 11 is 3.50. The van der Waals surface area contributed by atoms with E-state index in [0.29, 0.717) is 0 Å². The van der Waals surface area contributed by atoms with Gasteiger partial charge < -0.3 is 5.32 Å². The van der Waals surface area contributed by atoms with Gasteiger partial charge in [0.15, 0.2) is 0 Å². The molecule has 6 heteroatoms. The molecule has 1 aliphatic heterocycles. The highest BCUT2D eigenvalue weighted by Gasteiger charge is 2.34. The van der Waals surface area contributed by atoms with Gasteiger partial charge in [0.1, 0.15) is 0 Å². The van der Waals surface area contributed by atoms with Gasteiger partial charge >= 0.3 is 0 Å². The Bertz CT molecular complexity index is 862. The van der Waals surface area contributed by atoms with Crippen molar-refractivity contribution < 1.29 is 13.0 Å². The van der Waals surface area contributed by atoms with Crippen molar-refractivity contribution >= 4 is 31.7 Å². The Kier molecular flexibility index (Phi) is 4.02. The lowest BCUT2D eigenvalue weighted by Gasteiger charge is -2.39. The zero-order valence-corrected chi connectivity index (χ0v) is 15.3. The van der Waals surface area contributed by atoms with E-state index in [9.17, 15) is 13.0 Å². The molecule has 0 saturated carbocycles. The highest BCUT2D eigenvalue weighted by molar-refractivity contribution is 9.10. The second kappa shape index (κ2) is 5.61. The first-order valence-corrected chi connectivity index (χ1v) is 9.54. The minimum absolute atomic E-state index is 0.0629. The lowest BCUT2D eigenvalue weighted by molar-refractivity contribution is 0.425. The molecule has 1 atom stereocenters. The standard InChI is InChI=1S/C17H18BrNO3S/c1-17(2)10-16(11-4-3-5-12(18)8-11)19-15-7-6-13(9-14(15)17)23(20,21)22/h3-9,16,19H,10H2,1-2H3,(H,20,21,22). The predicted octanol–water partition coefficient (Wildman–Crippen LogP) is 4.53. The number of benzene rings is 2. The van der Waals surface area contributed by atoms with Gasteiger partial charge in [0.2, 0.25) is 0 Å². The van der Waals surface area contributed by atoms with Gasteiger partial charge in [-0.05, 0) is 53.3 Å². The molecular formula is C17H18BrNO3S. The summed E-state index contributed by atoms with van der Waals surface area (Å²) in [5.74, 6) is 0. The quantitative estimate of drug-likeness (QED) is 0.732. The zero-order valence-electron chi connectivity index (χ0n) is 12.9. The summed E-state index contributed by atoms with van der Waals surface area (Å²) in [6, 6.07) is 13.0. The van der Waals surface area contributed by atoms with Crippen LogP contribution < -0.4 is 5.32 Å². The number of anilines is 1. The molecule has 0 aromatic heterocycles. The van der Waals surface area contributed by atoms with Crippen LogP contribution in [0.15, 0.2) is 51.8 Å². The number of halogens is 1. The van der Waals surface area contributed by atoms with E-state index in [1.54, 1.807) is 12.1 Å². The maximum atomic E-state index is 11.4. The van der Waals surface area contributed by atoms with Crippen LogP contribution in [-0.4, -0.2) is 13.0 Å². The highest BCUT2D eigenvalue weighted by atomic mass is 79.9. The van der Waals surface area contributed by atoms with Crippen LogP contribution in [0, 0.1) is 0 Å². The molecule has 0 bridgehead atoms. The van der Waals surface area contributed by atoms with Crippen LogP contribution in [0.4, 0.5) is 5.69 Å². The van der Waals surface area contributed by atoms with Crippen molar-refractivity contribution in [1.29, 1.82) is 0 Å². The molecule has 3 rings (SSSR count). The maximum absolute atomic E-state index is 11.4. The molecule has 0 saturated heterocycles. The normalized spacial score (nSPS) is 19.7. The molecule has 0 radical (unpaired) electrons. The summed E-state index contributed by atoms with van der Waals surface area (Å²) in [7, 11) is -4.19. The average molecular weight is 396 g/mol. The maximum Gasteiger partial charge on any atom is 0.294 e.